The van der Waals surface area contributed by atoms with Crippen molar-refractivity contribution in [2.45, 2.75) is 57.2 Å². The molecule has 0 aromatic carbocycles. The van der Waals surface area contributed by atoms with Gasteiger partial charge in [0.15, 0.2) is 0 Å². The Balaban J connectivity index is 1.75. The monoisotopic (exact) mass is 252 g/mol. The fourth-order valence-electron chi connectivity index (χ4n) is 3.25. The van der Waals surface area contributed by atoms with E-state index < -0.39 is 0 Å². The van der Waals surface area contributed by atoms with Gasteiger partial charge in [-0.2, -0.15) is 0 Å². The van der Waals surface area contributed by atoms with Gasteiger partial charge in [-0.05, 0) is 32.1 Å². The SMILES string of the molecule is CCCN(c1nncs1)C1CC2CCC(C1)N2. The van der Waals surface area contributed by atoms with Crippen LogP contribution in [0.3, 0.4) is 0 Å². The van der Waals surface area contributed by atoms with E-state index in [9.17, 15) is 0 Å². The average molecular weight is 252 g/mol. The lowest BCUT2D eigenvalue weighted by Gasteiger charge is -2.37. The zero-order valence-corrected chi connectivity index (χ0v) is 11.1. The summed E-state index contributed by atoms with van der Waals surface area (Å²) < 4.78 is 0. The highest BCUT2D eigenvalue weighted by Crippen LogP contribution is 2.32. The number of fused-ring (bicyclic) bond motifs is 2. The minimum absolute atomic E-state index is 0.668. The Morgan fingerprint density at radius 2 is 2.18 bits per heavy atom. The third kappa shape index (κ3) is 2.31. The Kier molecular flexibility index (Phi) is 3.29. The minimum Gasteiger partial charge on any atom is -0.344 e. The fraction of sp³-hybridized carbons (Fsp3) is 0.833. The molecule has 0 aliphatic carbocycles. The molecule has 1 N–H and O–H groups in total. The van der Waals surface area contributed by atoms with Crippen LogP contribution in [0, 0.1) is 0 Å². The maximum absolute atomic E-state index is 4.25. The van der Waals surface area contributed by atoms with Crippen LogP contribution >= 0.6 is 11.3 Å². The molecule has 17 heavy (non-hydrogen) atoms. The highest BCUT2D eigenvalue weighted by molar-refractivity contribution is 7.13. The molecule has 0 amide bonds. The molecule has 2 aliphatic rings. The fourth-order valence-corrected chi connectivity index (χ4v) is 3.91. The summed E-state index contributed by atoms with van der Waals surface area (Å²) in [5.41, 5.74) is 1.84. The van der Waals surface area contributed by atoms with E-state index in [0.29, 0.717) is 6.04 Å². The highest BCUT2D eigenvalue weighted by Gasteiger charge is 2.36. The molecule has 2 fully saturated rings. The topological polar surface area (TPSA) is 41.1 Å². The molecule has 2 unspecified atom stereocenters. The van der Waals surface area contributed by atoms with Crippen molar-refractivity contribution < 1.29 is 0 Å². The summed E-state index contributed by atoms with van der Waals surface area (Å²) in [7, 11) is 0. The second-order valence-corrected chi connectivity index (χ2v) is 5.99. The number of nitrogens with one attached hydrogen (secondary N) is 1. The average Bonchev–Trinajstić information content (AvgIpc) is 2.96. The van der Waals surface area contributed by atoms with E-state index in [2.05, 4.69) is 27.3 Å². The van der Waals surface area contributed by atoms with E-state index in [1.165, 1.54) is 32.1 Å². The van der Waals surface area contributed by atoms with Crippen LogP contribution in [0.1, 0.15) is 39.0 Å². The highest BCUT2D eigenvalue weighted by atomic mass is 32.1. The van der Waals surface area contributed by atoms with Gasteiger partial charge in [0.05, 0.1) is 0 Å². The maximum Gasteiger partial charge on any atom is 0.208 e. The van der Waals surface area contributed by atoms with Crippen LogP contribution in [0.25, 0.3) is 0 Å². The van der Waals surface area contributed by atoms with Gasteiger partial charge in [0.1, 0.15) is 5.51 Å². The zero-order chi connectivity index (χ0) is 11.7. The normalized spacial score (nSPS) is 31.7. The van der Waals surface area contributed by atoms with Gasteiger partial charge < -0.3 is 10.2 Å². The van der Waals surface area contributed by atoms with Crippen LogP contribution in [-0.4, -0.2) is 34.9 Å². The van der Waals surface area contributed by atoms with E-state index in [0.717, 1.165) is 23.8 Å². The van der Waals surface area contributed by atoms with Crippen molar-refractivity contribution >= 4 is 16.5 Å². The van der Waals surface area contributed by atoms with Gasteiger partial charge >= 0.3 is 0 Å². The number of anilines is 1. The van der Waals surface area contributed by atoms with Crippen LogP contribution in [-0.2, 0) is 0 Å². The van der Waals surface area contributed by atoms with Gasteiger partial charge in [-0.25, -0.2) is 0 Å². The maximum atomic E-state index is 4.25. The van der Waals surface area contributed by atoms with Gasteiger partial charge in [0, 0.05) is 24.7 Å². The molecule has 0 radical (unpaired) electrons. The van der Waals surface area contributed by atoms with Crippen molar-refractivity contribution in [1.29, 1.82) is 0 Å². The summed E-state index contributed by atoms with van der Waals surface area (Å²) in [6, 6.07) is 2.15. The smallest absolute Gasteiger partial charge is 0.208 e. The zero-order valence-electron chi connectivity index (χ0n) is 10.3. The van der Waals surface area contributed by atoms with Crippen molar-refractivity contribution in [3.05, 3.63) is 5.51 Å². The summed E-state index contributed by atoms with van der Waals surface area (Å²) in [4.78, 5) is 2.49. The molecule has 94 valence electrons. The van der Waals surface area contributed by atoms with Crippen LogP contribution in [0.2, 0.25) is 0 Å². The molecule has 0 spiro atoms. The Hall–Kier alpha value is -0.680. The van der Waals surface area contributed by atoms with E-state index in [1.54, 1.807) is 11.3 Å². The molecular formula is C12H20N4S. The van der Waals surface area contributed by atoms with Crippen LogP contribution in [0.5, 0.6) is 0 Å². The molecule has 2 bridgehead atoms. The van der Waals surface area contributed by atoms with E-state index in [1.807, 2.05) is 5.51 Å². The third-order valence-electron chi connectivity index (χ3n) is 3.95. The first kappa shape index (κ1) is 11.4. The first-order valence-corrected chi connectivity index (χ1v) is 7.53. The number of hydrogen-bond donors (Lipinski definition) is 1. The summed E-state index contributed by atoms with van der Waals surface area (Å²) in [6.45, 7) is 3.35. The second-order valence-electron chi connectivity index (χ2n) is 5.18. The number of piperidine rings is 1. The summed E-state index contributed by atoms with van der Waals surface area (Å²) in [6.07, 6.45) is 6.44. The molecule has 2 atom stereocenters. The van der Waals surface area contributed by atoms with Crippen molar-refractivity contribution in [1.82, 2.24) is 15.5 Å². The van der Waals surface area contributed by atoms with E-state index in [4.69, 9.17) is 0 Å². The molecule has 1 aromatic heterocycles. The van der Waals surface area contributed by atoms with Crippen molar-refractivity contribution in [3.63, 3.8) is 0 Å². The lowest BCUT2D eigenvalue weighted by Crippen LogP contribution is -2.48. The molecular weight excluding hydrogens is 232 g/mol. The van der Waals surface area contributed by atoms with E-state index in [-0.39, 0.29) is 0 Å². The predicted molar refractivity (Wildman–Crippen MR) is 70.5 cm³/mol. The number of hydrogen-bond acceptors (Lipinski definition) is 5. The van der Waals surface area contributed by atoms with Crippen LogP contribution in [0.15, 0.2) is 5.51 Å². The molecule has 5 heteroatoms. The number of aromatic nitrogens is 2. The van der Waals surface area contributed by atoms with Crippen molar-refractivity contribution in [2.75, 3.05) is 11.4 Å². The largest absolute Gasteiger partial charge is 0.344 e. The van der Waals surface area contributed by atoms with Crippen molar-refractivity contribution in [3.8, 4) is 0 Å². The van der Waals surface area contributed by atoms with Gasteiger partial charge in [0.25, 0.3) is 0 Å². The summed E-state index contributed by atoms with van der Waals surface area (Å²) >= 11 is 1.67. The molecule has 3 rings (SSSR count). The van der Waals surface area contributed by atoms with E-state index >= 15 is 0 Å². The Bertz CT molecular complexity index is 341. The van der Waals surface area contributed by atoms with Gasteiger partial charge in [-0.3, -0.25) is 0 Å². The van der Waals surface area contributed by atoms with Gasteiger partial charge in [-0.1, -0.05) is 18.3 Å². The Morgan fingerprint density at radius 3 is 2.76 bits per heavy atom. The Labute approximate surface area is 106 Å². The summed E-state index contributed by atoms with van der Waals surface area (Å²) in [5, 5.41) is 13.1. The molecule has 3 heterocycles. The molecule has 1 aromatic rings. The first-order chi connectivity index (χ1) is 8.36. The molecule has 2 saturated heterocycles. The number of rotatable bonds is 4. The molecule has 2 aliphatic heterocycles. The standard InChI is InChI=1S/C12H20N4S/c1-2-5-16(12-15-13-8-17-12)11-6-9-3-4-10(7-11)14-9/h8-11,14H,2-7H2,1H3. The lowest BCUT2D eigenvalue weighted by molar-refractivity contribution is 0.346. The minimum atomic E-state index is 0.668. The van der Waals surface area contributed by atoms with Crippen molar-refractivity contribution in [2.24, 2.45) is 0 Å². The van der Waals surface area contributed by atoms with Crippen LogP contribution in [0.4, 0.5) is 5.13 Å². The number of nitrogens with zero attached hydrogens (tertiary/aromatic N) is 3. The van der Waals surface area contributed by atoms with Gasteiger partial charge in [-0.15, -0.1) is 10.2 Å². The molecule has 0 saturated carbocycles. The first-order valence-electron chi connectivity index (χ1n) is 6.65. The summed E-state index contributed by atoms with van der Waals surface area (Å²) in [5.74, 6) is 0. The second kappa shape index (κ2) is 4.90. The molecule has 4 nitrogen and oxygen atoms in total. The quantitative estimate of drug-likeness (QED) is 0.890. The van der Waals surface area contributed by atoms with Gasteiger partial charge in [0.2, 0.25) is 5.13 Å². The third-order valence-corrected chi connectivity index (χ3v) is 4.67. The Morgan fingerprint density at radius 1 is 1.41 bits per heavy atom. The van der Waals surface area contributed by atoms with Crippen LogP contribution < -0.4 is 10.2 Å². The lowest BCUT2D eigenvalue weighted by atomic mass is 9.98. The predicted octanol–water partition coefficient (Wildman–Crippen LogP) is 2.04.